The summed E-state index contributed by atoms with van der Waals surface area (Å²) in [5.74, 6) is 0.575. The summed E-state index contributed by atoms with van der Waals surface area (Å²) >= 11 is 0. The number of nitrogens with zero attached hydrogens (tertiary/aromatic N) is 3. The van der Waals surface area contributed by atoms with Crippen molar-refractivity contribution in [3.05, 3.63) is 0 Å². The van der Waals surface area contributed by atoms with Crippen LogP contribution < -0.4 is 0 Å². The molecular formula is C17H29N3O. The summed E-state index contributed by atoms with van der Waals surface area (Å²) < 4.78 is 0. The molecular weight excluding hydrogens is 262 g/mol. The minimum atomic E-state index is 0.0733. The SMILES string of the molecule is CC(C)(C)CC(=O)N1CCN([C@H]2CC[C@@H](C#N)CC2)CC1. The predicted molar refractivity (Wildman–Crippen MR) is 83.6 cm³/mol. The van der Waals surface area contributed by atoms with Gasteiger partial charge in [-0.2, -0.15) is 5.26 Å². The maximum atomic E-state index is 12.2. The molecule has 1 aliphatic heterocycles. The first-order valence-electron chi connectivity index (χ1n) is 8.30. The van der Waals surface area contributed by atoms with E-state index in [1.165, 1.54) is 0 Å². The Morgan fingerprint density at radius 2 is 1.67 bits per heavy atom. The first-order valence-corrected chi connectivity index (χ1v) is 8.30. The largest absolute Gasteiger partial charge is 0.340 e. The van der Waals surface area contributed by atoms with Gasteiger partial charge in [-0.05, 0) is 31.1 Å². The molecule has 1 heterocycles. The monoisotopic (exact) mass is 291 g/mol. The molecule has 0 radical (unpaired) electrons. The number of piperazine rings is 1. The fourth-order valence-electron chi connectivity index (χ4n) is 3.47. The van der Waals surface area contributed by atoms with Gasteiger partial charge in [-0.25, -0.2) is 0 Å². The molecule has 2 rings (SSSR count). The third kappa shape index (κ3) is 4.71. The van der Waals surface area contributed by atoms with Gasteiger partial charge in [-0.3, -0.25) is 9.69 Å². The number of amides is 1. The van der Waals surface area contributed by atoms with Gasteiger partial charge in [0.2, 0.25) is 5.91 Å². The van der Waals surface area contributed by atoms with Gasteiger partial charge in [-0.15, -0.1) is 0 Å². The molecule has 0 unspecified atom stereocenters. The molecule has 0 N–H and O–H groups in total. The van der Waals surface area contributed by atoms with Gasteiger partial charge in [0.1, 0.15) is 0 Å². The van der Waals surface area contributed by atoms with Gasteiger partial charge in [-0.1, -0.05) is 20.8 Å². The topological polar surface area (TPSA) is 47.3 Å². The van der Waals surface area contributed by atoms with E-state index in [0.29, 0.717) is 18.4 Å². The Bertz CT molecular complexity index is 391. The molecule has 1 saturated heterocycles. The average molecular weight is 291 g/mol. The third-order valence-electron chi connectivity index (χ3n) is 4.74. The van der Waals surface area contributed by atoms with E-state index in [4.69, 9.17) is 5.26 Å². The van der Waals surface area contributed by atoms with E-state index in [0.717, 1.165) is 51.9 Å². The summed E-state index contributed by atoms with van der Waals surface area (Å²) in [4.78, 5) is 16.8. The summed E-state index contributed by atoms with van der Waals surface area (Å²) in [5, 5.41) is 8.97. The van der Waals surface area contributed by atoms with Crippen LogP contribution in [0.15, 0.2) is 0 Å². The molecule has 118 valence electrons. The quantitative estimate of drug-likeness (QED) is 0.786. The highest BCUT2D eigenvalue weighted by Crippen LogP contribution is 2.28. The Morgan fingerprint density at radius 3 is 2.14 bits per heavy atom. The highest BCUT2D eigenvalue weighted by Gasteiger charge is 2.30. The van der Waals surface area contributed by atoms with E-state index < -0.39 is 0 Å². The Hall–Kier alpha value is -1.08. The van der Waals surface area contributed by atoms with Gasteiger partial charge < -0.3 is 4.90 Å². The Kier molecular flexibility index (Phi) is 5.27. The summed E-state index contributed by atoms with van der Waals surface area (Å²) in [6.07, 6.45) is 5.03. The number of carbonyl (C=O) groups is 1. The molecule has 0 aromatic heterocycles. The van der Waals surface area contributed by atoms with Crippen LogP contribution in [0.4, 0.5) is 0 Å². The fourth-order valence-corrected chi connectivity index (χ4v) is 3.47. The molecule has 4 heteroatoms. The van der Waals surface area contributed by atoms with Crippen molar-refractivity contribution in [3.63, 3.8) is 0 Å². The molecule has 1 amide bonds. The zero-order chi connectivity index (χ0) is 15.5. The summed E-state index contributed by atoms with van der Waals surface area (Å²) in [6, 6.07) is 3.03. The lowest BCUT2D eigenvalue weighted by Crippen LogP contribution is -2.53. The van der Waals surface area contributed by atoms with Gasteiger partial charge >= 0.3 is 0 Å². The standard InChI is InChI=1S/C17H29N3O/c1-17(2,3)12-16(21)20-10-8-19(9-11-20)15-6-4-14(13-18)5-7-15/h14-15H,4-12H2,1-3H3/t14-,15+. The highest BCUT2D eigenvalue weighted by molar-refractivity contribution is 5.76. The second-order valence-electron chi connectivity index (χ2n) is 7.79. The first-order chi connectivity index (χ1) is 9.89. The minimum absolute atomic E-state index is 0.0733. The van der Waals surface area contributed by atoms with Crippen molar-refractivity contribution in [3.8, 4) is 6.07 Å². The summed E-state index contributed by atoms with van der Waals surface area (Å²) in [7, 11) is 0. The van der Waals surface area contributed by atoms with Crippen LogP contribution in [0.1, 0.15) is 52.9 Å². The molecule has 4 nitrogen and oxygen atoms in total. The Morgan fingerprint density at radius 1 is 1.10 bits per heavy atom. The second kappa shape index (κ2) is 6.79. The zero-order valence-electron chi connectivity index (χ0n) is 13.8. The van der Waals surface area contributed by atoms with Crippen molar-refractivity contribution in [2.45, 2.75) is 58.9 Å². The number of carbonyl (C=O) groups excluding carboxylic acids is 1. The summed E-state index contributed by atoms with van der Waals surface area (Å²) in [5.41, 5.74) is 0.0733. The lowest BCUT2D eigenvalue weighted by molar-refractivity contribution is -0.135. The Labute approximate surface area is 129 Å². The van der Waals surface area contributed by atoms with Crippen LogP contribution in [-0.2, 0) is 4.79 Å². The molecule has 1 saturated carbocycles. The van der Waals surface area contributed by atoms with E-state index in [9.17, 15) is 4.79 Å². The van der Waals surface area contributed by atoms with Crippen LogP contribution >= 0.6 is 0 Å². The van der Waals surface area contributed by atoms with Crippen molar-refractivity contribution < 1.29 is 4.79 Å². The third-order valence-corrected chi connectivity index (χ3v) is 4.74. The normalized spacial score (nSPS) is 28.2. The molecule has 0 bridgehead atoms. The van der Waals surface area contributed by atoms with Crippen LogP contribution in [0.25, 0.3) is 0 Å². The lowest BCUT2D eigenvalue weighted by atomic mass is 9.86. The van der Waals surface area contributed by atoms with Crippen LogP contribution in [0, 0.1) is 22.7 Å². The van der Waals surface area contributed by atoms with Gasteiger partial charge in [0, 0.05) is 44.6 Å². The van der Waals surface area contributed by atoms with Gasteiger partial charge in [0.05, 0.1) is 6.07 Å². The van der Waals surface area contributed by atoms with Crippen LogP contribution in [-0.4, -0.2) is 47.9 Å². The number of hydrogen-bond acceptors (Lipinski definition) is 3. The summed E-state index contributed by atoms with van der Waals surface area (Å²) in [6.45, 7) is 10.1. The second-order valence-corrected chi connectivity index (χ2v) is 7.79. The maximum absolute atomic E-state index is 12.2. The highest BCUT2D eigenvalue weighted by atomic mass is 16.2. The van der Waals surface area contributed by atoms with Crippen LogP contribution in [0.3, 0.4) is 0 Å². The number of nitriles is 1. The fraction of sp³-hybridized carbons (Fsp3) is 0.882. The first kappa shape index (κ1) is 16.3. The van der Waals surface area contributed by atoms with Crippen molar-refractivity contribution in [1.82, 2.24) is 9.80 Å². The van der Waals surface area contributed by atoms with Crippen molar-refractivity contribution >= 4 is 5.91 Å². The van der Waals surface area contributed by atoms with Crippen molar-refractivity contribution in [1.29, 1.82) is 5.26 Å². The maximum Gasteiger partial charge on any atom is 0.223 e. The smallest absolute Gasteiger partial charge is 0.223 e. The van der Waals surface area contributed by atoms with Crippen LogP contribution in [0.2, 0.25) is 0 Å². The van der Waals surface area contributed by atoms with Crippen LogP contribution in [0.5, 0.6) is 0 Å². The number of hydrogen-bond donors (Lipinski definition) is 0. The molecule has 0 atom stereocenters. The van der Waals surface area contributed by atoms with E-state index in [1.807, 2.05) is 4.90 Å². The molecule has 0 spiro atoms. The molecule has 1 aliphatic carbocycles. The molecule has 0 aromatic rings. The lowest BCUT2D eigenvalue weighted by Gasteiger charge is -2.41. The molecule has 2 aliphatic rings. The van der Waals surface area contributed by atoms with E-state index in [1.54, 1.807) is 0 Å². The van der Waals surface area contributed by atoms with E-state index in [2.05, 4.69) is 31.7 Å². The molecule has 0 aromatic carbocycles. The van der Waals surface area contributed by atoms with Crippen molar-refractivity contribution in [2.24, 2.45) is 11.3 Å². The van der Waals surface area contributed by atoms with E-state index >= 15 is 0 Å². The van der Waals surface area contributed by atoms with Crippen molar-refractivity contribution in [2.75, 3.05) is 26.2 Å². The average Bonchev–Trinajstić information content (AvgIpc) is 2.46. The number of rotatable bonds is 2. The zero-order valence-corrected chi connectivity index (χ0v) is 13.8. The van der Waals surface area contributed by atoms with Gasteiger partial charge in [0.15, 0.2) is 0 Å². The Balaban J connectivity index is 1.76. The molecule has 2 fully saturated rings. The minimum Gasteiger partial charge on any atom is -0.340 e. The van der Waals surface area contributed by atoms with Gasteiger partial charge in [0.25, 0.3) is 0 Å². The molecule has 21 heavy (non-hydrogen) atoms. The van der Waals surface area contributed by atoms with E-state index in [-0.39, 0.29) is 11.3 Å². The predicted octanol–water partition coefficient (Wildman–Crippen LogP) is 2.65.